The highest BCUT2D eigenvalue weighted by Crippen LogP contribution is 2.21. The van der Waals surface area contributed by atoms with Gasteiger partial charge in [-0.05, 0) is 32.9 Å². The third-order valence-corrected chi connectivity index (χ3v) is 4.88. The lowest BCUT2D eigenvalue weighted by molar-refractivity contribution is -0.121. The average Bonchev–Trinajstić information content (AvgIpc) is 2.64. The van der Waals surface area contributed by atoms with Crippen molar-refractivity contribution >= 4 is 11.7 Å². The summed E-state index contributed by atoms with van der Waals surface area (Å²) in [4.78, 5) is 26.2. The van der Waals surface area contributed by atoms with Crippen molar-refractivity contribution in [2.45, 2.75) is 57.4 Å². The van der Waals surface area contributed by atoms with E-state index in [9.17, 15) is 9.59 Å². The van der Waals surface area contributed by atoms with Crippen molar-refractivity contribution in [1.82, 2.24) is 10.2 Å². The number of carbonyl (C=O) groups is 2. The monoisotopic (exact) mass is 330 g/mol. The van der Waals surface area contributed by atoms with Crippen LogP contribution in [0.1, 0.15) is 61.7 Å². The van der Waals surface area contributed by atoms with Gasteiger partial charge < -0.3 is 10.2 Å². The predicted molar refractivity (Wildman–Crippen MR) is 97.1 cm³/mol. The molecule has 2 rings (SSSR count). The summed E-state index contributed by atoms with van der Waals surface area (Å²) in [5.41, 5.74) is 0.680. The van der Waals surface area contributed by atoms with Gasteiger partial charge in [-0.3, -0.25) is 9.59 Å². The Morgan fingerprint density at radius 2 is 1.79 bits per heavy atom. The van der Waals surface area contributed by atoms with Crippen molar-refractivity contribution in [3.05, 3.63) is 35.9 Å². The lowest BCUT2D eigenvalue weighted by Crippen LogP contribution is -2.35. The Balaban J connectivity index is 1.55. The molecule has 132 valence electrons. The number of hydrogen-bond acceptors (Lipinski definition) is 3. The normalized spacial score (nSPS) is 15.4. The molecule has 1 saturated carbocycles. The van der Waals surface area contributed by atoms with Crippen LogP contribution in [0.15, 0.2) is 30.3 Å². The SMILES string of the molecule is CN(CCCNC(=O)CCC(=O)c1ccccc1)C1CCCCC1. The van der Waals surface area contributed by atoms with Gasteiger partial charge in [-0.1, -0.05) is 49.6 Å². The number of benzene rings is 1. The Morgan fingerprint density at radius 3 is 2.50 bits per heavy atom. The van der Waals surface area contributed by atoms with Crippen LogP contribution in [-0.2, 0) is 4.79 Å². The Morgan fingerprint density at radius 1 is 1.08 bits per heavy atom. The van der Waals surface area contributed by atoms with Gasteiger partial charge in [0, 0.05) is 31.0 Å². The average molecular weight is 330 g/mol. The Bertz CT molecular complexity index is 510. The van der Waals surface area contributed by atoms with Gasteiger partial charge in [-0.2, -0.15) is 0 Å². The van der Waals surface area contributed by atoms with Crippen molar-refractivity contribution < 1.29 is 9.59 Å². The summed E-state index contributed by atoms with van der Waals surface area (Å²) >= 11 is 0. The fraction of sp³-hybridized carbons (Fsp3) is 0.600. The van der Waals surface area contributed by atoms with Gasteiger partial charge >= 0.3 is 0 Å². The molecule has 0 unspecified atom stereocenters. The highest BCUT2D eigenvalue weighted by Gasteiger charge is 2.17. The molecule has 1 fully saturated rings. The molecule has 0 spiro atoms. The molecule has 24 heavy (non-hydrogen) atoms. The van der Waals surface area contributed by atoms with E-state index in [1.807, 2.05) is 18.2 Å². The summed E-state index contributed by atoms with van der Waals surface area (Å²) < 4.78 is 0. The van der Waals surface area contributed by atoms with E-state index in [-0.39, 0.29) is 24.5 Å². The third-order valence-electron chi connectivity index (χ3n) is 4.88. The van der Waals surface area contributed by atoms with Crippen LogP contribution in [0.2, 0.25) is 0 Å². The standard InChI is InChI=1S/C20H30N2O2/c1-22(18-11-6-3-7-12-18)16-8-15-21-20(24)14-13-19(23)17-9-4-2-5-10-17/h2,4-5,9-10,18H,3,6-8,11-16H2,1H3,(H,21,24). The summed E-state index contributed by atoms with van der Waals surface area (Å²) in [5, 5.41) is 2.93. The fourth-order valence-electron chi connectivity index (χ4n) is 3.34. The van der Waals surface area contributed by atoms with Gasteiger partial charge in [0.1, 0.15) is 0 Å². The maximum absolute atomic E-state index is 12.0. The number of carbonyl (C=O) groups excluding carboxylic acids is 2. The van der Waals surface area contributed by atoms with Crippen LogP contribution in [0, 0.1) is 0 Å². The van der Waals surface area contributed by atoms with Gasteiger partial charge in [-0.25, -0.2) is 0 Å². The van der Waals surface area contributed by atoms with E-state index in [0.717, 1.165) is 19.0 Å². The minimum Gasteiger partial charge on any atom is -0.356 e. The summed E-state index contributed by atoms with van der Waals surface area (Å²) in [5.74, 6) is 0.00221. The second-order valence-corrected chi connectivity index (χ2v) is 6.77. The molecule has 1 aliphatic rings. The lowest BCUT2D eigenvalue weighted by Gasteiger charge is -2.31. The largest absolute Gasteiger partial charge is 0.356 e. The molecule has 4 heteroatoms. The van der Waals surface area contributed by atoms with Gasteiger partial charge in [0.2, 0.25) is 5.91 Å². The van der Waals surface area contributed by atoms with Crippen LogP contribution in [0.25, 0.3) is 0 Å². The van der Waals surface area contributed by atoms with Crippen molar-refractivity contribution in [1.29, 1.82) is 0 Å². The van der Waals surface area contributed by atoms with Crippen LogP contribution < -0.4 is 5.32 Å². The molecular formula is C20H30N2O2. The highest BCUT2D eigenvalue weighted by atomic mass is 16.2. The quantitative estimate of drug-likeness (QED) is 0.557. The third kappa shape index (κ3) is 6.44. The fourth-order valence-corrected chi connectivity index (χ4v) is 3.34. The number of amides is 1. The van der Waals surface area contributed by atoms with Crippen LogP contribution in [0.4, 0.5) is 0 Å². The Kier molecular flexibility index (Phi) is 7.96. The molecule has 1 aliphatic carbocycles. The number of Topliss-reactive ketones (excluding diaryl/α,β-unsaturated/α-hetero) is 1. The van der Waals surface area contributed by atoms with E-state index in [1.165, 1.54) is 32.1 Å². The molecule has 1 aromatic rings. The summed E-state index contributed by atoms with van der Waals surface area (Å²) in [6.07, 6.45) is 8.20. The maximum Gasteiger partial charge on any atom is 0.220 e. The zero-order chi connectivity index (χ0) is 17.2. The topological polar surface area (TPSA) is 49.4 Å². The molecule has 0 radical (unpaired) electrons. The van der Waals surface area contributed by atoms with Crippen LogP contribution in [0.5, 0.6) is 0 Å². The molecule has 4 nitrogen and oxygen atoms in total. The predicted octanol–water partition coefficient (Wildman–Crippen LogP) is 3.42. The molecule has 0 heterocycles. The molecule has 1 N–H and O–H groups in total. The molecule has 0 aromatic heterocycles. The van der Waals surface area contributed by atoms with Crippen LogP contribution >= 0.6 is 0 Å². The zero-order valence-electron chi connectivity index (χ0n) is 14.8. The molecule has 0 bridgehead atoms. The van der Waals surface area contributed by atoms with E-state index in [4.69, 9.17) is 0 Å². The summed E-state index contributed by atoms with van der Waals surface area (Å²) in [6.45, 7) is 1.71. The second kappa shape index (κ2) is 10.2. The van der Waals surface area contributed by atoms with E-state index in [1.54, 1.807) is 12.1 Å². The first kappa shape index (κ1) is 18.7. The number of ketones is 1. The Labute approximate surface area is 145 Å². The first-order valence-corrected chi connectivity index (χ1v) is 9.22. The van der Waals surface area contributed by atoms with Crippen molar-refractivity contribution in [2.75, 3.05) is 20.1 Å². The lowest BCUT2D eigenvalue weighted by atomic mass is 9.94. The van der Waals surface area contributed by atoms with Crippen LogP contribution in [0.3, 0.4) is 0 Å². The van der Waals surface area contributed by atoms with Crippen molar-refractivity contribution in [3.8, 4) is 0 Å². The molecule has 1 aromatic carbocycles. The first-order chi connectivity index (χ1) is 11.7. The molecule has 0 atom stereocenters. The van der Waals surface area contributed by atoms with Gasteiger partial charge in [-0.15, -0.1) is 0 Å². The molecule has 1 amide bonds. The molecular weight excluding hydrogens is 300 g/mol. The van der Waals surface area contributed by atoms with Crippen LogP contribution in [-0.4, -0.2) is 42.8 Å². The van der Waals surface area contributed by atoms with E-state index >= 15 is 0 Å². The van der Waals surface area contributed by atoms with Gasteiger partial charge in [0.05, 0.1) is 0 Å². The minimum atomic E-state index is -0.0281. The highest BCUT2D eigenvalue weighted by molar-refractivity contribution is 5.97. The number of nitrogens with one attached hydrogen (secondary N) is 1. The first-order valence-electron chi connectivity index (χ1n) is 9.22. The van der Waals surface area contributed by atoms with Gasteiger partial charge in [0.15, 0.2) is 5.78 Å². The van der Waals surface area contributed by atoms with Crippen molar-refractivity contribution in [2.24, 2.45) is 0 Å². The summed E-state index contributed by atoms with van der Waals surface area (Å²) in [6, 6.07) is 9.88. The molecule has 0 aliphatic heterocycles. The minimum absolute atomic E-state index is 0.0281. The zero-order valence-corrected chi connectivity index (χ0v) is 14.8. The number of rotatable bonds is 9. The van der Waals surface area contributed by atoms with E-state index in [2.05, 4.69) is 17.3 Å². The number of nitrogens with zero attached hydrogens (tertiary/aromatic N) is 1. The second-order valence-electron chi connectivity index (χ2n) is 6.77. The molecule has 0 saturated heterocycles. The van der Waals surface area contributed by atoms with Crippen molar-refractivity contribution in [3.63, 3.8) is 0 Å². The Hall–Kier alpha value is -1.68. The maximum atomic E-state index is 12.0. The van der Waals surface area contributed by atoms with E-state index < -0.39 is 0 Å². The van der Waals surface area contributed by atoms with Gasteiger partial charge in [0.25, 0.3) is 0 Å². The smallest absolute Gasteiger partial charge is 0.220 e. The van der Waals surface area contributed by atoms with E-state index in [0.29, 0.717) is 12.1 Å². The summed E-state index contributed by atoms with van der Waals surface area (Å²) in [7, 11) is 2.19. The number of hydrogen-bond donors (Lipinski definition) is 1.